The second kappa shape index (κ2) is 11.7. The highest BCUT2D eigenvalue weighted by Gasteiger charge is 2.48. The first kappa shape index (κ1) is 22.2. The van der Waals surface area contributed by atoms with E-state index in [0.717, 1.165) is 24.4 Å². The normalized spacial score (nSPS) is 32.5. The van der Waals surface area contributed by atoms with Crippen molar-refractivity contribution in [2.24, 2.45) is 11.8 Å². The Hall–Kier alpha value is -0.0800. The molecule has 1 saturated carbocycles. The molecular weight excluding hydrogens is 318 g/mol. The number of piperidine rings is 1. The largest absolute Gasteiger partial charge is 0.395 e. The quantitative estimate of drug-likeness (QED) is 0.396. The number of rotatable bonds is 12. The van der Waals surface area contributed by atoms with Gasteiger partial charge in [0.15, 0.2) is 0 Å². The van der Waals surface area contributed by atoms with E-state index in [2.05, 4.69) is 25.7 Å². The number of fused-ring (bicyclic) bond motifs is 1. The first-order valence-corrected chi connectivity index (χ1v) is 12.0. The van der Waals surface area contributed by atoms with Crippen molar-refractivity contribution in [1.82, 2.24) is 4.90 Å². The molecule has 4 atom stereocenters. The van der Waals surface area contributed by atoms with E-state index in [0.29, 0.717) is 12.1 Å². The van der Waals surface area contributed by atoms with Gasteiger partial charge < -0.3 is 5.11 Å². The molecule has 1 heterocycles. The summed E-state index contributed by atoms with van der Waals surface area (Å²) in [6.45, 7) is 8.39. The van der Waals surface area contributed by atoms with Crippen molar-refractivity contribution in [2.45, 2.75) is 129 Å². The van der Waals surface area contributed by atoms with Crippen LogP contribution in [0.25, 0.3) is 0 Å². The van der Waals surface area contributed by atoms with E-state index in [1.165, 1.54) is 96.3 Å². The Kier molecular flexibility index (Phi) is 9.99. The molecule has 1 aliphatic heterocycles. The van der Waals surface area contributed by atoms with E-state index in [4.69, 9.17) is 0 Å². The average molecular weight is 366 g/mol. The first-order valence-electron chi connectivity index (χ1n) is 12.0. The number of unbranched alkanes of at least 4 members (excludes halogenated alkanes) is 6. The predicted octanol–water partition coefficient (Wildman–Crippen LogP) is 6.56. The number of hydrogen-bond donors (Lipinski definition) is 1. The zero-order valence-electron chi connectivity index (χ0n) is 18.1. The van der Waals surface area contributed by atoms with Crippen LogP contribution in [0.15, 0.2) is 0 Å². The number of aliphatic hydroxyl groups is 1. The van der Waals surface area contributed by atoms with Crippen LogP contribution in [0.2, 0.25) is 0 Å². The summed E-state index contributed by atoms with van der Waals surface area (Å²) in [5.74, 6) is 1.84. The third-order valence-corrected chi connectivity index (χ3v) is 7.52. The number of β-amino-alcohol motifs (C(OH)–C–C–N with tert-alkyl or cyclic N) is 1. The van der Waals surface area contributed by atoms with Gasteiger partial charge in [-0.25, -0.2) is 0 Å². The molecule has 0 aromatic carbocycles. The van der Waals surface area contributed by atoms with Crippen LogP contribution in [0.1, 0.15) is 117 Å². The fourth-order valence-electron chi connectivity index (χ4n) is 6.18. The van der Waals surface area contributed by atoms with Gasteiger partial charge in [0.05, 0.1) is 6.61 Å². The molecule has 4 unspecified atom stereocenters. The van der Waals surface area contributed by atoms with Crippen LogP contribution in [0, 0.1) is 11.8 Å². The number of likely N-dealkylation sites (tertiary alicyclic amines) is 1. The van der Waals surface area contributed by atoms with Gasteiger partial charge in [-0.2, -0.15) is 0 Å². The van der Waals surface area contributed by atoms with E-state index in [1.54, 1.807) is 0 Å². The average Bonchev–Trinajstić information content (AvgIpc) is 2.65. The Balaban J connectivity index is 2.06. The highest BCUT2D eigenvalue weighted by atomic mass is 16.3. The summed E-state index contributed by atoms with van der Waals surface area (Å²) in [6, 6.07) is 0.747. The van der Waals surface area contributed by atoms with Gasteiger partial charge in [0, 0.05) is 18.1 Å². The Morgan fingerprint density at radius 1 is 0.923 bits per heavy atom. The minimum absolute atomic E-state index is 0.324. The molecular formula is C24H47NO. The molecule has 0 bridgehead atoms. The lowest BCUT2D eigenvalue weighted by Gasteiger charge is -2.58. The molecule has 154 valence electrons. The van der Waals surface area contributed by atoms with Crippen molar-refractivity contribution < 1.29 is 5.11 Å². The third kappa shape index (κ3) is 5.96. The second-order valence-electron chi connectivity index (χ2n) is 9.55. The summed E-state index contributed by atoms with van der Waals surface area (Å²) < 4.78 is 0. The van der Waals surface area contributed by atoms with E-state index in [-0.39, 0.29) is 0 Å². The summed E-state index contributed by atoms with van der Waals surface area (Å²) in [5, 5.41) is 9.78. The van der Waals surface area contributed by atoms with Gasteiger partial charge in [-0.05, 0) is 44.4 Å². The van der Waals surface area contributed by atoms with Crippen LogP contribution in [-0.2, 0) is 0 Å². The number of hydrogen-bond acceptors (Lipinski definition) is 2. The smallest absolute Gasteiger partial charge is 0.0558 e. The SMILES string of the molecule is CCCCCCC1CC(C)(CCCCCC)N(CCO)C2CCCCC12. The van der Waals surface area contributed by atoms with Crippen LogP contribution in [0.5, 0.6) is 0 Å². The maximum Gasteiger partial charge on any atom is 0.0558 e. The van der Waals surface area contributed by atoms with Crippen molar-refractivity contribution in [1.29, 1.82) is 0 Å². The van der Waals surface area contributed by atoms with Crippen LogP contribution in [-0.4, -0.2) is 34.7 Å². The Morgan fingerprint density at radius 3 is 2.31 bits per heavy atom. The highest BCUT2D eigenvalue weighted by molar-refractivity contribution is 5.02. The van der Waals surface area contributed by atoms with Crippen LogP contribution < -0.4 is 0 Å². The van der Waals surface area contributed by atoms with E-state index < -0.39 is 0 Å². The lowest BCUT2D eigenvalue weighted by atomic mass is 9.64. The van der Waals surface area contributed by atoms with Crippen molar-refractivity contribution in [3.05, 3.63) is 0 Å². The molecule has 0 spiro atoms. The molecule has 2 fully saturated rings. The molecule has 1 N–H and O–H groups in total. The molecule has 0 radical (unpaired) electrons. The van der Waals surface area contributed by atoms with Gasteiger partial charge in [0.1, 0.15) is 0 Å². The maximum atomic E-state index is 9.78. The molecule has 26 heavy (non-hydrogen) atoms. The van der Waals surface area contributed by atoms with Crippen LogP contribution in [0.4, 0.5) is 0 Å². The summed E-state index contributed by atoms with van der Waals surface area (Å²) in [4.78, 5) is 2.78. The Bertz CT molecular complexity index is 371. The van der Waals surface area contributed by atoms with Gasteiger partial charge in [0.25, 0.3) is 0 Å². The van der Waals surface area contributed by atoms with Crippen molar-refractivity contribution >= 4 is 0 Å². The predicted molar refractivity (Wildman–Crippen MR) is 114 cm³/mol. The van der Waals surface area contributed by atoms with Gasteiger partial charge in [0.2, 0.25) is 0 Å². The maximum absolute atomic E-state index is 9.78. The molecule has 0 amide bonds. The topological polar surface area (TPSA) is 23.5 Å². The second-order valence-corrected chi connectivity index (χ2v) is 9.55. The Morgan fingerprint density at radius 2 is 1.62 bits per heavy atom. The summed E-state index contributed by atoms with van der Waals surface area (Å²) >= 11 is 0. The van der Waals surface area contributed by atoms with Gasteiger partial charge in [-0.3, -0.25) is 4.90 Å². The zero-order valence-corrected chi connectivity index (χ0v) is 18.1. The third-order valence-electron chi connectivity index (χ3n) is 7.52. The molecule has 2 aliphatic rings. The van der Waals surface area contributed by atoms with Gasteiger partial charge in [-0.15, -0.1) is 0 Å². The number of aliphatic hydroxyl groups excluding tert-OH is 1. The molecule has 2 nitrogen and oxygen atoms in total. The minimum Gasteiger partial charge on any atom is -0.395 e. The molecule has 2 heteroatoms. The van der Waals surface area contributed by atoms with E-state index in [1.807, 2.05) is 0 Å². The fraction of sp³-hybridized carbons (Fsp3) is 1.00. The van der Waals surface area contributed by atoms with E-state index in [9.17, 15) is 5.11 Å². The molecule has 1 aliphatic carbocycles. The summed E-state index contributed by atoms with van der Waals surface area (Å²) in [6.07, 6.45) is 20.9. The van der Waals surface area contributed by atoms with Crippen molar-refractivity contribution in [2.75, 3.05) is 13.2 Å². The zero-order chi connectivity index (χ0) is 18.8. The van der Waals surface area contributed by atoms with Crippen molar-refractivity contribution in [3.63, 3.8) is 0 Å². The molecule has 0 aromatic heterocycles. The minimum atomic E-state index is 0.324. The van der Waals surface area contributed by atoms with Gasteiger partial charge >= 0.3 is 0 Å². The van der Waals surface area contributed by atoms with Crippen molar-refractivity contribution in [3.8, 4) is 0 Å². The lowest BCUT2D eigenvalue weighted by molar-refractivity contribution is -0.0838. The van der Waals surface area contributed by atoms with Crippen LogP contribution in [0.3, 0.4) is 0 Å². The Labute approximate surface area is 164 Å². The van der Waals surface area contributed by atoms with E-state index >= 15 is 0 Å². The van der Waals surface area contributed by atoms with Crippen LogP contribution >= 0.6 is 0 Å². The molecule has 1 saturated heterocycles. The van der Waals surface area contributed by atoms with Gasteiger partial charge in [-0.1, -0.05) is 84.5 Å². The highest BCUT2D eigenvalue weighted by Crippen LogP contribution is 2.48. The standard InChI is InChI=1S/C24H47NO/c1-4-6-8-10-14-21-20-24(3,17-13-9-7-5-2)25(18-19-26)23-16-12-11-15-22(21)23/h21-23,26H,4-20H2,1-3H3. The molecule has 2 rings (SSSR count). The fourth-order valence-corrected chi connectivity index (χ4v) is 6.18. The summed E-state index contributed by atoms with van der Waals surface area (Å²) in [5.41, 5.74) is 0.324. The summed E-state index contributed by atoms with van der Waals surface area (Å²) in [7, 11) is 0. The monoisotopic (exact) mass is 365 g/mol. The first-order chi connectivity index (χ1) is 12.7. The number of nitrogens with zero attached hydrogens (tertiary/aromatic N) is 1. The lowest BCUT2D eigenvalue weighted by Crippen LogP contribution is -2.62. The molecule has 0 aromatic rings.